The summed E-state index contributed by atoms with van der Waals surface area (Å²) in [6, 6.07) is 0.365. The standard InChI is InChI=1S/C10H15N5OS/c1-3-11-8-5-16-4-7(8)9-14-15-6(2)12-13-10(15)17-9/h7-8,11H,3-5H2,1-2H3. The quantitative estimate of drug-likeness (QED) is 0.867. The predicted molar refractivity (Wildman–Crippen MR) is 64.4 cm³/mol. The van der Waals surface area contributed by atoms with Gasteiger partial charge < -0.3 is 10.1 Å². The Kier molecular flexibility index (Phi) is 2.81. The molecule has 17 heavy (non-hydrogen) atoms. The molecule has 6 nitrogen and oxygen atoms in total. The molecule has 2 atom stereocenters. The lowest BCUT2D eigenvalue weighted by Gasteiger charge is -2.15. The summed E-state index contributed by atoms with van der Waals surface area (Å²) in [7, 11) is 0. The zero-order chi connectivity index (χ0) is 11.8. The second-order valence-electron chi connectivity index (χ2n) is 4.19. The highest BCUT2D eigenvalue weighted by molar-refractivity contribution is 7.16. The van der Waals surface area contributed by atoms with E-state index in [-0.39, 0.29) is 0 Å². The van der Waals surface area contributed by atoms with E-state index in [0.29, 0.717) is 12.0 Å². The minimum Gasteiger partial charge on any atom is -0.379 e. The van der Waals surface area contributed by atoms with Gasteiger partial charge in [-0.1, -0.05) is 18.3 Å². The average Bonchev–Trinajstić information content (AvgIpc) is 2.96. The number of aryl methyl sites for hydroxylation is 1. The van der Waals surface area contributed by atoms with Crippen molar-refractivity contribution in [1.82, 2.24) is 25.1 Å². The molecule has 2 aromatic heterocycles. The van der Waals surface area contributed by atoms with Gasteiger partial charge in [0.05, 0.1) is 19.1 Å². The average molecular weight is 253 g/mol. The highest BCUT2D eigenvalue weighted by Crippen LogP contribution is 2.29. The van der Waals surface area contributed by atoms with E-state index < -0.39 is 0 Å². The molecule has 2 aromatic rings. The first-order valence-electron chi connectivity index (χ1n) is 5.79. The van der Waals surface area contributed by atoms with Gasteiger partial charge in [0.1, 0.15) is 5.01 Å². The molecule has 3 heterocycles. The third kappa shape index (κ3) is 1.84. The van der Waals surface area contributed by atoms with E-state index in [9.17, 15) is 0 Å². The van der Waals surface area contributed by atoms with Crippen molar-refractivity contribution in [1.29, 1.82) is 0 Å². The molecule has 0 radical (unpaired) electrons. The molecule has 0 bridgehead atoms. The van der Waals surface area contributed by atoms with Gasteiger partial charge in [-0.2, -0.15) is 9.61 Å². The fraction of sp³-hybridized carbons (Fsp3) is 0.700. The van der Waals surface area contributed by atoms with Gasteiger partial charge in [-0.25, -0.2) is 0 Å². The second kappa shape index (κ2) is 4.32. The summed E-state index contributed by atoms with van der Waals surface area (Å²) < 4.78 is 7.35. The van der Waals surface area contributed by atoms with Crippen LogP contribution in [0.5, 0.6) is 0 Å². The van der Waals surface area contributed by atoms with Crippen molar-refractivity contribution in [3.8, 4) is 0 Å². The molecule has 3 rings (SSSR count). The maximum atomic E-state index is 5.54. The summed E-state index contributed by atoms with van der Waals surface area (Å²) in [5.74, 6) is 1.17. The highest BCUT2D eigenvalue weighted by Gasteiger charge is 2.32. The van der Waals surface area contributed by atoms with Gasteiger partial charge in [0.15, 0.2) is 5.82 Å². The molecule has 1 fully saturated rings. The van der Waals surface area contributed by atoms with Gasteiger partial charge >= 0.3 is 0 Å². The molecule has 1 aliphatic rings. The Labute approximate surface area is 103 Å². The largest absolute Gasteiger partial charge is 0.379 e. The number of hydrogen-bond donors (Lipinski definition) is 1. The number of ether oxygens (including phenoxy) is 1. The van der Waals surface area contributed by atoms with Crippen LogP contribution in [-0.4, -0.2) is 45.6 Å². The van der Waals surface area contributed by atoms with Crippen molar-refractivity contribution < 1.29 is 4.74 Å². The van der Waals surface area contributed by atoms with Gasteiger partial charge in [0.2, 0.25) is 4.96 Å². The normalized spacial score (nSPS) is 24.8. The molecule has 92 valence electrons. The maximum Gasteiger partial charge on any atom is 0.234 e. The number of nitrogens with zero attached hydrogens (tertiary/aromatic N) is 4. The van der Waals surface area contributed by atoms with E-state index in [1.54, 1.807) is 15.9 Å². The van der Waals surface area contributed by atoms with E-state index in [4.69, 9.17) is 4.74 Å². The number of fused-ring (bicyclic) bond motifs is 1. The van der Waals surface area contributed by atoms with Crippen molar-refractivity contribution in [3.63, 3.8) is 0 Å². The first kappa shape index (κ1) is 11.1. The highest BCUT2D eigenvalue weighted by atomic mass is 32.1. The lowest BCUT2D eigenvalue weighted by molar-refractivity contribution is 0.187. The van der Waals surface area contributed by atoms with Gasteiger partial charge in [-0.3, -0.25) is 0 Å². The van der Waals surface area contributed by atoms with Crippen LogP contribution in [0.25, 0.3) is 4.96 Å². The lowest BCUT2D eigenvalue weighted by Crippen LogP contribution is -2.34. The third-order valence-electron chi connectivity index (χ3n) is 3.03. The van der Waals surface area contributed by atoms with E-state index in [1.807, 2.05) is 6.92 Å². The van der Waals surface area contributed by atoms with Crippen LogP contribution in [0.1, 0.15) is 23.7 Å². The van der Waals surface area contributed by atoms with Crippen LogP contribution in [0.15, 0.2) is 0 Å². The lowest BCUT2D eigenvalue weighted by atomic mass is 10.1. The fourth-order valence-electron chi connectivity index (χ4n) is 2.14. The van der Waals surface area contributed by atoms with Crippen molar-refractivity contribution >= 4 is 16.3 Å². The Morgan fingerprint density at radius 3 is 3.12 bits per heavy atom. The number of hydrogen-bond acceptors (Lipinski definition) is 6. The van der Waals surface area contributed by atoms with Gasteiger partial charge in [-0.15, -0.1) is 10.2 Å². The summed E-state index contributed by atoms with van der Waals surface area (Å²) >= 11 is 1.60. The SMILES string of the molecule is CCNC1COCC1c1nn2c(C)nnc2s1. The molecule has 1 N–H and O–H groups in total. The number of likely N-dealkylation sites (N-methyl/N-ethyl adjacent to an activating group) is 1. The Morgan fingerprint density at radius 2 is 2.35 bits per heavy atom. The maximum absolute atomic E-state index is 5.54. The van der Waals surface area contributed by atoms with Crippen LogP contribution in [0.4, 0.5) is 0 Å². The Balaban J connectivity index is 1.91. The monoisotopic (exact) mass is 253 g/mol. The molecule has 1 saturated heterocycles. The van der Waals surface area contributed by atoms with E-state index in [1.165, 1.54) is 0 Å². The molecular weight excluding hydrogens is 238 g/mol. The Morgan fingerprint density at radius 1 is 1.47 bits per heavy atom. The molecule has 0 saturated carbocycles. The van der Waals surface area contributed by atoms with E-state index in [0.717, 1.165) is 35.6 Å². The van der Waals surface area contributed by atoms with Crippen molar-refractivity contribution in [3.05, 3.63) is 10.8 Å². The Hall–Kier alpha value is -1.05. The zero-order valence-corrected chi connectivity index (χ0v) is 10.7. The summed E-state index contributed by atoms with van der Waals surface area (Å²) in [5, 5.41) is 17.2. The third-order valence-corrected chi connectivity index (χ3v) is 4.06. The summed E-state index contributed by atoms with van der Waals surface area (Å²) in [6.45, 7) is 6.47. The van der Waals surface area contributed by atoms with Crippen molar-refractivity contribution in [2.75, 3.05) is 19.8 Å². The first-order chi connectivity index (χ1) is 8.29. The first-order valence-corrected chi connectivity index (χ1v) is 6.61. The van der Waals surface area contributed by atoms with E-state index >= 15 is 0 Å². The second-order valence-corrected chi connectivity index (χ2v) is 5.18. The smallest absolute Gasteiger partial charge is 0.234 e. The van der Waals surface area contributed by atoms with Crippen molar-refractivity contribution in [2.24, 2.45) is 0 Å². The van der Waals surface area contributed by atoms with Crippen LogP contribution in [0.3, 0.4) is 0 Å². The summed E-state index contributed by atoms with van der Waals surface area (Å²) in [5.41, 5.74) is 0. The summed E-state index contributed by atoms with van der Waals surface area (Å²) in [4.78, 5) is 0.861. The molecule has 0 aromatic carbocycles. The molecule has 2 unspecified atom stereocenters. The minimum atomic E-state index is 0.334. The van der Waals surface area contributed by atoms with E-state index in [2.05, 4.69) is 27.5 Å². The van der Waals surface area contributed by atoms with Crippen molar-refractivity contribution in [2.45, 2.75) is 25.8 Å². The molecule has 0 spiro atoms. The molecule has 0 aliphatic carbocycles. The van der Waals surface area contributed by atoms with Crippen LogP contribution in [0.2, 0.25) is 0 Å². The topological polar surface area (TPSA) is 64.3 Å². The number of aromatic nitrogens is 4. The van der Waals surface area contributed by atoms with Crippen LogP contribution in [0, 0.1) is 6.92 Å². The zero-order valence-electron chi connectivity index (χ0n) is 9.88. The van der Waals surface area contributed by atoms with Crippen LogP contribution < -0.4 is 5.32 Å². The predicted octanol–water partition coefficient (Wildman–Crippen LogP) is 0.586. The Bertz CT molecular complexity index is 522. The van der Waals surface area contributed by atoms with Gasteiger partial charge in [-0.05, 0) is 13.5 Å². The number of rotatable bonds is 3. The van der Waals surface area contributed by atoms with Crippen LogP contribution in [-0.2, 0) is 4.74 Å². The molecular formula is C10H15N5OS. The minimum absolute atomic E-state index is 0.334. The van der Waals surface area contributed by atoms with Gasteiger partial charge in [0, 0.05) is 6.04 Å². The summed E-state index contributed by atoms with van der Waals surface area (Å²) in [6.07, 6.45) is 0. The molecule has 7 heteroatoms. The fourth-order valence-corrected chi connectivity index (χ4v) is 3.17. The molecule has 0 amide bonds. The molecule has 1 aliphatic heterocycles. The van der Waals surface area contributed by atoms with Gasteiger partial charge in [0.25, 0.3) is 0 Å². The number of nitrogens with one attached hydrogen (secondary N) is 1. The van der Waals surface area contributed by atoms with Crippen LogP contribution >= 0.6 is 11.3 Å².